The maximum Gasteiger partial charge on any atom is 0.143 e. The molecule has 2 aromatic rings. The molecule has 0 amide bonds. The highest BCUT2D eigenvalue weighted by atomic mass is 35.5. The molecule has 0 bridgehead atoms. The summed E-state index contributed by atoms with van der Waals surface area (Å²) in [6.07, 6.45) is 9.68. The van der Waals surface area contributed by atoms with E-state index in [-0.39, 0.29) is 12.0 Å². The number of hydrogen-bond donors (Lipinski definition) is 3. The van der Waals surface area contributed by atoms with Crippen LogP contribution in [-0.2, 0) is 4.74 Å². The zero-order chi connectivity index (χ0) is 24.6. The number of hydrogen-bond acceptors (Lipinski definition) is 7. The molecule has 2 aromatic heterocycles. The lowest BCUT2D eigenvalue weighted by atomic mass is 9.91. The highest BCUT2D eigenvalue weighted by molar-refractivity contribution is 6.33. The number of pyridine rings is 2. The number of aromatic nitrogens is 2. The van der Waals surface area contributed by atoms with Crippen LogP contribution in [0, 0.1) is 23.1 Å². The molecule has 1 saturated carbocycles. The van der Waals surface area contributed by atoms with Crippen LogP contribution in [0.15, 0.2) is 24.5 Å². The minimum absolute atomic E-state index is 0.0126. The van der Waals surface area contributed by atoms with E-state index in [1.807, 2.05) is 6.07 Å². The first-order valence-corrected chi connectivity index (χ1v) is 13.0. The van der Waals surface area contributed by atoms with Crippen LogP contribution >= 0.6 is 11.6 Å². The number of nitriles is 1. The summed E-state index contributed by atoms with van der Waals surface area (Å²) in [7, 11) is 0. The van der Waals surface area contributed by atoms with Crippen molar-refractivity contribution in [3.63, 3.8) is 0 Å². The van der Waals surface area contributed by atoms with E-state index in [0.29, 0.717) is 53.6 Å². The molecule has 4 rings (SSSR count). The lowest BCUT2D eigenvalue weighted by Crippen LogP contribution is -2.37. The third kappa shape index (κ3) is 7.03. The number of ether oxygens (including phenoxy) is 1. The van der Waals surface area contributed by atoms with E-state index in [4.69, 9.17) is 16.3 Å². The average molecular weight is 501 g/mol. The van der Waals surface area contributed by atoms with Gasteiger partial charge in [0.1, 0.15) is 11.6 Å². The van der Waals surface area contributed by atoms with Crippen LogP contribution in [0.2, 0.25) is 5.02 Å². The van der Waals surface area contributed by atoms with Gasteiger partial charge in [0.05, 0.1) is 40.7 Å². The predicted molar refractivity (Wildman–Crippen MR) is 137 cm³/mol. The van der Waals surface area contributed by atoms with E-state index in [2.05, 4.69) is 38.9 Å². The SMILES string of the molecule is CCCNC1CCC(Nc2cc(-c3ncc(F)cc3NCC3CC(C#N)CCO3)c(Cl)cn2)CC1. The van der Waals surface area contributed by atoms with Crippen LogP contribution in [0.5, 0.6) is 0 Å². The van der Waals surface area contributed by atoms with Crippen molar-refractivity contribution in [1.29, 1.82) is 5.26 Å². The van der Waals surface area contributed by atoms with Gasteiger partial charge in [-0.15, -0.1) is 0 Å². The molecule has 188 valence electrons. The van der Waals surface area contributed by atoms with Crippen molar-refractivity contribution in [2.24, 2.45) is 5.92 Å². The van der Waals surface area contributed by atoms with E-state index < -0.39 is 5.82 Å². The first kappa shape index (κ1) is 25.6. The number of rotatable bonds is 9. The first-order valence-electron chi connectivity index (χ1n) is 12.6. The Bertz CT molecular complexity index is 1020. The van der Waals surface area contributed by atoms with Gasteiger partial charge in [-0.1, -0.05) is 18.5 Å². The molecular formula is C26H34ClFN6O. The van der Waals surface area contributed by atoms with E-state index in [1.165, 1.54) is 12.3 Å². The van der Waals surface area contributed by atoms with Gasteiger partial charge in [-0.3, -0.25) is 4.98 Å². The zero-order valence-corrected chi connectivity index (χ0v) is 21.0. The molecule has 2 unspecified atom stereocenters. The Morgan fingerprint density at radius 3 is 2.71 bits per heavy atom. The fourth-order valence-corrected chi connectivity index (χ4v) is 5.04. The highest BCUT2D eigenvalue weighted by Gasteiger charge is 2.24. The summed E-state index contributed by atoms with van der Waals surface area (Å²) in [6, 6.07) is 6.57. The molecule has 0 radical (unpaired) electrons. The van der Waals surface area contributed by atoms with Gasteiger partial charge in [0.15, 0.2) is 0 Å². The maximum atomic E-state index is 14.1. The summed E-state index contributed by atoms with van der Waals surface area (Å²) < 4.78 is 19.9. The second-order valence-corrected chi connectivity index (χ2v) is 9.88. The number of anilines is 2. The van der Waals surface area contributed by atoms with Crippen molar-refractivity contribution >= 4 is 23.1 Å². The molecule has 9 heteroatoms. The molecule has 35 heavy (non-hydrogen) atoms. The molecule has 2 atom stereocenters. The van der Waals surface area contributed by atoms with Gasteiger partial charge >= 0.3 is 0 Å². The van der Waals surface area contributed by atoms with Crippen molar-refractivity contribution < 1.29 is 9.13 Å². The summed E-state index contributed by atoms with van der Waals surface area (Å²) in [5.74, 6) is 0.285. The first-order chi connectivity index (χ1) is 17.1. The van der Waals surface area contributed by atoms with Crippen LogP contribution in [0.3, 0.4) is 0 Å². The predicted octanol–water partition coefficient (Wildman–Crippen LogP) is 5.39. The Hall–Kier alpha value is -2.47. The van der Waals surface area contributed by atoms with Gasteiger partial charge in [-0.25, -0.2) is 9.37 Å². The number of nitrogens with one attached hydrogen (secondary N) is 3. The monoisotopic (exact) mass is 500 g/mol. The van der Waals surface area contributed by atoms with E-state index in [0.717, 1.165) is 50.9 Å². The molecule has 3 heterocycles. The smallest absolute Gasteiger partial charge is 0.143 e. The number of nitrogens with zero attached hydrogens (tertiary/aromatic N) is 3. The topological polar surface area (TPSA) is 94.9 Å². The quantitative estimate of drug-likeness (QED) is 0.425. The highest BCUT2D eigenvalue weighted by Crippen LogP contribution is 2.34. The summed E-state index contributed by atoms with van der Waals surface area (Å²) in [5.41, 5.74) is 1.78. The summed E-state index contributed by atoms with van der Waals surface area (Å²) in [5, 5.41) is 20.1. The second kappa shape index (κ2) is 12.5. The third-order valence-electron chi connectivity index (χ3n) is 6.80. The van der Waals surface area contributed by atoms with E-state index in [1.54, 1.807) is 6.20 Å². The van der Waals surface area contributed by atoms with E-state index in [9.17, 15) is 9.65 Å². The van der Waals surface area contributed by atoms with Gasteiger partial charge in [-0.2, -0.15) is 5.26 Å². The minimum Gasteiger partial charge on any atom is -0.381 e. The average Bonchev–Trinajstić information content (AvgIpc) is 2.88. The molecule has 2 fully saturated rings. The Morgan fingerprint density at radius 2 is 1.94 bits per heavy atom. The second-order valence-electron chi connectivity index (χ2n) is 9.47. The molecule has 0 aromatic carbocycles. The largest absolute Gasteiger partial charge is 0.381 e. The normalized spacial score (nSPS) is 24.5. The van der Waals surface area contributed by atoms with Gasteiger partial charge < -0.3 is 20.7 Å². The summed E-state index contributed by atoms with van der Waals surface area (Å²) in [4.78, 5) is 8.83. The fraction of sp³-hybridized carbons (Fsp3) is 0.577. The lowest BCUT2D eigenvalue weighted by molar-refractivity contribution is 0.0105. The standard InChI is InChI=1S/C26H34ClFN6O/c1-2-8-30-19-3-5-20(6-4-19)34-25-12-22(23(27)16-32-25)26-24(11-18(28)14-33-26)31-15-21-10-17(13-29)7-9-35-21/h11-12,14,16-17,19-21,30-31H,2-10,15H2,1H3,(H,32,34). The van der Waals surface area contributed by atoms with Gasteiger partial charge in [-0.05, 0) is 57.6 Å². The van der Waals surface area contributed by atoms with Crippen LogP contribution in [0.25, 0.3) is 11.3 Å². The van der Waals surface area contributed by atoms with Crippen LogP contribution in [-0.4, -0.2) is 47.9 Å². The van der Waals surface area contributed by atoms with Crippen LogP contribution < -0.4 is 16.0 Å². The lowest BCUT2D eigenvalue weighted by Gasteiger charge is -2.30. The van der Waals surface area contributed by atoms with Gasteiger partial charge in [0.2, 0.25) is 0 Å². The molecule has 3 N–H and O–H groups in total. The van der Waals surface area contributed by atoms with Crippen molar-refractivity contribution in [1.82, 2.24) is 15.3 Å². The van der Waals surface area contributed by atoms with Crippen LogP contribution in [0.1, 0.15) is 51.9 Å². The zero-order valence-electron chi connectivity index (χ0n) is 20.2. The fourth-order valence-electron chi connectivity index (χ4n) is 4.85. The molecule has 7 nitrogen and oxygen atoms in total. The Kier molecular flexibility index (Phi) is 9.13. The maximum absolute atomic E-state index is 14.1. The van der Waals surface area contributed by atoms with Gasteiger partial charge in [0, 0.05) is 43.1 Å². The molecule has 1 saturated heterocycles. The molecule has 0 spiro atoms. The van der Waals surface area contributed by atoms with Crippen molar-refractivity contribution in [3.8, 4) is 17.3 Å². The molecule has 2 aliphatic rings. The van der Waals surface area contributed by atoms with Crippen molar-refractivity contribution in [2.75, 3.05) is 30.3 Å². The summed E-state index contributed by atoms with van der Waals surface area (Å²) >= 11 is 6.52. The van der Waals surface area contributed by atoms with Crippen molar-refractivity contribution in [2.45, 2.75) is 70.1 Å². The minimum atomic E-state index is -0.437. The van der Waals surface area contributed by atoms with Gasteiger partial charge in [0.25, 0.3) is 0 Å². The summed E-state index contributed by atoms with van der Waals surface area (Å²) in [6.45, 7) is 4.27. The third-order valence-corrected chi connectivity index (χ3v) is 7.10. The number of halogens is 2. The Labute approximate surface area is 211 Å². The molecular weight excluding hydrogens is 467 g/mol. The Balaban J connectivity index is 1.45. The molecule has 1 aliphatic heterocycles. The molecule has 1 aliphatic carbocycles. The Morgan fingerprint density at radius 1 is 1.14 bits per heavy atom. The van der Waals surface area contributed by atoms with Crippen LogP contribution in [0.4, 0.5) is 15.9 Å². The van der Waals surface area contributed by atoms with Crippen molar-refractivity contribution in [3.05, 3.63) is 35.4 Å². The van der Waals surface area contributed by atoms with E-state index >= 15 is 0 Å².